The molecule has 0 amide bonds. The number of rotatable bonds is 4. The maximum absolute atomic E-state index is 6.95. The fourth-order valence-electron chi connectivity index (χ4n) is 8.33. The van der Waals surface area contributed by atoms with Crippen molar-refractivity contribution in [1.29, 1.82) is 0 Å². The molecule has 46 heavy (non-hydrogen) atoms. The maximum atomic E-state index is 6.95. The fourth-order valence-corrected chi connectivity index (χ4v) is 8.92. The number of dihydropyridines is 1. The molecule has 2 unspecified atom stereocenters. The molecule has 3 aliphatic carbocycles. The van der Waals surface area contributed by atoms with Gasteiger partial charge in [0, 0.05) is 44.8 Å². The summed E-state index contributed by atoms with van der Waals surface area (Å²) in [5, 5.41) is 0. The first-order valence-electron chi connectivity index (χ1n) is 16.4. The van der Waals surface area contributed by atoms with Gasteiger partial charge in [-0.1, -0.05) is 137 Å². The number of nitrogens with zero attached hydrogens (tertiary/aromatic N) is 2. The van der Waals surface area contributed by atoms with Crippen LogP contribution in [0.1, 0.15) is 103 Å². The molecule has 0 spiro atoms. The quantitative estimate of drug-likeness (QED) is 0.169. The number of fused-ring (bicyclic) bond motifs is 7. The van der Waals surface area contributed by atoms with Crippen LogP contribution in [-0.2, 0) is 16.2 Å². The number of aliphatic imine (C=N–C) groups is 1. The van der Waals surface area contributed by atoms with Crippen molar-refractivity contribution in [3.63, 3.8) is 0 Å². The van der Waals surface area contributed by atoms with Crippen LogP contribution in [0.15, 0.2) is 108 Å². The zero-order valence-electron chi connectivity index (χ0n) is 27.4. The third-order valence-corrected chi connectivity index (χ3v) is 12.2. The van der Waals surface area contributed by atoms with Crippen molar-refractivity contribution in [3.05, 3.63) is 148 Å². The molecule has 230 valence electrons. The molecule has 0 saturated heterocycles. The van der Waals surface area contributed by atoms with E-state index in [1.807, 2.05) is 12.3 Å². The van der Waals surface area contributed by atoms with Crippen molar-refractivity contribution in [2.75, 3.05) is 0 Å². The average molecular weight is 714 g/mol. The number of allylic oxidation sites excluding steroid dienone is 5. The van der Waals surface area contributed by atoms with Gasteiger partial charge < -0.3 is 5.73 Å². The first-order chi connectivity index (χ1) is 21.9. The Labute approximate surface area is 286 Å². The van der Waals surface area contributed by atoms with Gasteiger partial charge >= 0.3 is 0 Å². The minimum atomic E-state index is -0.231. The van der Waals surface area contributed by atoms with Crippen molar-refractivity contribution < 1.29 is 0 Å². The van der Waals surface area contributed by atoms with E-state index in [0.717, 1.165) is 23.4 Å². The highest BCUT2D eigenvalue weighted by Gasteiger charge is 2.42. The predicted octanol–water partition coefficient (Wildman–Crippen LogP) is 10.3. The molecule has 8 rings (SSSR count). The van der Waals surface area contributed by atoms with Crippen molar-refractivity contribution in [3.8, 4) is 11.1 Å². The lowest BCUT2D eigenvalue weighted by molar-refractivity contribution is 0.630. The first kappa shape index (κ1) is 29.6. The highest BCUT2D eigenvalue weighted by atomic mass is 127. The lowest BCUT2D eigenvalue weighted by Gasteiger charge is -2.26. The van der Waals surface area contributed by atoms with E-state index in [-0.39, 0.29) is 26.2 Å². The Bertz CT molecular complexity index is 2090. The largest absolute Gasteiger partial charge is 0.401 e. The van der Waals surface area contributed by atoms with Gasteiger partial charge in [0.05, 0.1) is 21.4 Å². The molecule has 4 aliphatic rings. The molecule has 0 fully saturated rings. The third kappa shape index (κ3) is 4.14. The molecule has 2 heterocycles. The van der Waals surface area contributed by atoms with E-state index in [1.54, 1.807) is 0 Å². The average Bonchev–Trinajstić information content (AvgIpc) is 3.52. The molecule has 2 atom stereocenters. The molecule has 0 saturated carbocycles. The summed E-state index contributed by atoms with van der Waals surface area (Å²) < 4.78 is 0.196. The van der Waals surface area contributed by atoms with Crippen LogP contribution in [0.3, 0.4) is 0 Å². The number of hydrogen-bond acceptors (Lipinski definition) is 3. The Morgan fingerprint density at radius 1 is 0.783 bits per heavy atom. The van der Waals surface area contributed by atoms with Crippen LogP contribution < -0.4 is 5.73 Å². The van der Waals surface area contributed by atoms with E-state index in [0.29, 0.717) is 0 Å². The SMILES string of the molecule is CC1(C)C2=NC(c3ccc4c(c3)C(/C=C\C(I)c3ccc5c(c3)-c3cccnc3C5(C)C)=C(N)C4(C)C)CC=C2c2ccccc21. The minimum Gasteiger partial charge on any atom is -0.401 e. The second kappa shape index (κ2) is 10.1. The van der Waals surface area contributed by atoms with Crippen LogP contribution in [0.25, 0.3) is 22.3 Å². The fraction of sp³-hybridized carbons (Fsp3) is 0.286. The first-order valence-corrected chi connectivity index (χ1v) is 17.6. The summed E-state index contributed by atoms with van der Waals surface area (Å²) in [6.07, 6.45) is 9.79. The van der Waals surface area contributed by atoms with Crippen LogP contribution in [-0.4, -0.2) is 10.7 Å². The summed E-state index contributed by atoms with van der Waals surface area (Å²) in [7, 11) is 0. The number of aromatic nitrogens is 1. The molecule has 0 radical (unpaired) electrons. The van der Waals surface area contributed by atoms with Crippen molar-refractivity contribution in [1.82, 2.24) is 4.98 Å². The number of nitrogens with two attached hydrogens (primary N) is 1. The van der Waals surface area contributed by atoms with Crippen molar-refractivity contribution >= 4 is 39.4 Å². The van der Waals surface area contributed by atoms with E-state index in [9.17, 15) is 0 Å². The van der Waals surface area contributed by atoms with Gasteiger partial charge in [-0.2, -0.15) is 0 Å². The van der Waals surface area contributed by atoms with E-state index in [1.165, 1.54) is 61.4 Å². The van der Waals surface area contributed by atoms with Crippen LogP contribution in [0.2, 0.25) is 0 Å². The van der Waals surface area contributed by atoms with E-state index < -0.39 is 0 Å². The van der Waals surface area contributed by atoms with E-state index in [4.69, 9.17) is 15.7 Å². The summed E-state index contributed by atoms with van der Waals surface area (Å²) in [6, 6.07) is 27.0. The highest BCUT2D eigenvalue weighted by Crippen LogP contribution is 2.51. The molecule has 4 heteroatoms. The Morgan fingerprint density at radius 2 is 1.50 bits per heavy atom. The molecule has 4 aromatic rings. The number of pyridine rings is 1. The molecule has 3 nitrogen and oxygen atoms in total. The van der Waals surface area contributed by atoms with Crippen LogP contribution in [0.4, 0.5) is 0 Å². The van der Waals surface area contributed by atoms with Crippen molar-refractivity contribution in [2.24, 2.45) is 10.7 Å². The molecule has 0 bridgehead atoms. The molecule has 3 aromatic carbocycles. The highest BCUT2D eigenvalue weighted by molar-refractivity contribution is 14.1. The van der Waals surface area contributed by atoms with Crippen molar-refractivity contribution in [2.45, 2.75) is 74.2 Å². The second-order valence-corrected chi connectivity index (χ2v) is 16.2. The number of halogens is 1. The third-order valence-electron chi connectivity index (χ3n) is 11.1. The molecular formula is C42H40IN3. The van der Waals surface area contributed by atoms with Gasteiger partial charge in [-0.3, -0.25) is 9.98 Å². The van der Waals surface area contributed by atoms with Gasteiger partial charge in [0.1, 0.15) is 0 Å². The van der Waals surface area contributed by atoms with Gasteiger partial charge in [-0.25, -0.2) is 0 Å². The Hall–Kier alpha value is -3.77. The predicted molar refractivity (Wildman–Crippen MR) is 201 cm³/mol. The van der Waals surface area contributed by atoms with E-state index in [2.05, 4.69) is 149 Å². The van der Waals surface area contributed by atoms with Gasteiger partial charge in [-0.15, -0.1) is 0 Å². The zero-order valence-corrected chi connectivity index (χ0v) is 29.6. The number of benzene rings is 3. The Kier molecular flexibility index (Phi) is 6.51. The number of alkyl halides is 1. The Morgan fingerprint density at radius 3 is 2.33 bits per heavy atom. The lowest BCUT2D eigenvalue weighted by Crippen LogP contribution is -2.26. The smallest absolute Gasteiger partial charge is 0.0787 e. The maximum Gasteiger partial charge on any atom is 0.0787 e. The summed E-state index contributed by atoms with van der Waals surface area (Å²) in [5.41, 5.74) is 24.0. The molecular weight excluding hydrogens is 673 g/mol. The second-order valence-electron chi connectivity index (χ2n) is 14.9. The molecule has 2 N–H and O–H groups in total. The topological polar surface area (TPSA) is 51.3 Å². The van der Waals surface area contributed by atoms with Crippen LogP contribution in [0, 0.1) is 0 Å². The minimum absolute atomic E-state index is 0.0881. The number of hydrogen-bond donors (Lipinski definition) is 1. The normalized spacial score (nSPS) is 21.7. The zero-order chi connectivity index (χ0) is 32.2. The van der Waals surface area contributed by atoms with E-state index >= 15 is 0 Å². The van der Waals surface area contributed by atoms with Crippen LogP contribution in [0.5, 0.6) is 0 Å². The summed E-state index contributed by atoms with van der Waals surface area (Å²) in [6.45, 7) is 13.6. The van der Waals surface area contributed by atoms with Gasteiger partial charge in [0.2, 0.25) is 0 Å². The van der Waals surface area contributed by atoms with Gasteiger partial charge in [0.25, 0.3) is 0 Å². The van der Waals surface area contributed by atoms with Crippen LogP contribution >= 0.6 is 22.6 Å². The van der Waals surface area contributed by atoms with Gasteiger partial charge in [0.15, 0.2) is 0 Å². The van der Waals surface area contributed by atoms with Gasteiger partial charge in [-0.05, 0) is 69.1 Å². The standard InChI is InChI=1S/C42H40IN3/c1-40(2)33-18-14-25(36-20-16-29-26-10-7-8-12-32(26)42(5,6)39(29)46-36)23-30(33)27(37(40)44)15-19-35(43)24-13-17-34-31(22-24)28-11-9-21-45-38(28)41(34,3)4/h7-19,21-23,35-36H,20,44H2,1-6H3/b19-15-. The Balaban J connectivity index is 1.12. The lowest BCUT2D eigenvalue weighted by atomic mass is 9.82. The monoisotopic (exact) mass is 713 g/mol. The summed E-state index contributed by atoms with van der Waals surface area (Å²) >= 11 is 2.55. The molecule has 1 aliphatic heterocycles. The summed E-state index contributed by atoms with van der Waals surface area (Å²) in [5.74, 6) is 0. The summed E-state index contributed by atoms with van der Waals surface area (Å²) in [4.78, 5) is 10.2. The molecule has 1 aromatic heterocycles.